The van der Waals surface area contributed by atoms with Gasteiger partial charge in [-0.2, -0.15) is 13.2 Å². The van der Waals surface area contributed by atoms with Crippen LogP contribution in [0.2, 0.25) is 0 Å². The molecule has 98 valence electrons. The van der Waals surface area contributed by atoms with Crippen molar-refractivity contribution in [3.8, 4) is 0 Å². The highest BCUT2D eigenvalue weighted by Crippen LogP contribution is 2.39. The second-order valence-electron chi connectivity index (χ2n) is 3.96. The van der Waals surface area contributed by atoms with Crippen molar-refractivity contribution in [1.82, 2.24) is 0 Å². The molecule has 1 amide bonds. The maximum absolute atomic E-state index is 12.9. The van der Waals surface area contributed by atoms with Crippen LogP contribution in [-0.2, 0) is 11.0 Å². The third kappa shape index (κ3) is 2.71. The predicted octanol–water partition coefficient (Wildman–Crippen LogP) is 3.97. The van der Waals surface area contributed by atoms with E-state index in [1.807, 2.05) is 0 Å². The number of hydrogen-bond acceptors (Lipinski definition) is 1. The van der Waals surface area contributed by atoms with Gasteiger partial charge in [0.2, 0.25) is 5.91 Å². The van der Waals surface area contributed by atoms with Crippen molar-refractivity contribution in [2.24, 2.45) is 0 Å². The first-order valence-electron chi connectivity index (χ1n) is 5.10. The van der Waals surface area contributed by atoms with E-state index in [-0.39, 0.29) is 29.4 Å². The minimum Gasteiger partial charge on any atom is -0.311 e. The third-order valence-electron chi connectivity index (χ3n) is 2.63. The summed E-state index contributed by atoms with van der Waals surface area (Å²) < 4.78 is 39.1. The summed E-state index contributed by atoms with van der Waals surface area (Å²) in [4.78, 5) is 12.7. The molecule has 0 aromatic heterocycles. The Morgan fingerprint density at radius 3 is 2.50 bits per heavy atom. The number of carbonyl (C=O) groups is 1. The lowest BCUT2D eigenvalue weighted by Gasteiger charge is -2.21. The van der Waals surface area contributed by atoms with Crippen molar-refractivity contribution in [2.75, 3.05) is 11.4 Å². The molecule has 0 spiro atoms. The number of hydrogen-bond donors (Lipinski definition) is 0. The Hall–Kier alpha value is -0.560. The van der Waals surface area contributed by atoms with Gasteiger partial charge >= 0.3 is 6.18 Å². The molecule has 1 unspecified atom stereocenters. The Morgan fingerprint density at radius 1 is 1.33 bits per heavy atom. The van der Waals surface area contributed by atoms with Gasteiger partial charge in [0, 0.05) is 22.3 Å². The van der Waals surface area contributed by atoms with E-state index in [9.17, 15) is 18.0 Å². The van der Waals surface area contributed by atoms with Crippen molar-refractivity contribution in [2.45, 2.75) is 17.4 Å². The van der Waals surface area contributed by atoms with E-state index in [2.05, 4.69) is 31.9 Å². The molecule has 1 aromatic rings. The molecule has 1 fully saturated rings. The normalized spacial score (nSPS) is 20.6. The van der Waals surface area contributed by atoms with Crippen LogP contribution in [0.5, 0.6) is 0 Å². The van der Waals surface area contributed by atoms with Crippen LogP contribution in [0.15, 0.2) is 22.7 Å². The maximum Gasteiger partial charge on any atom is 0.418 e. The van der Waals surface area contributed by atoms with Crippen molar-refractivity contribution >= 4 is 43.5 Å². The molecule has 2 nitrogen and oxygen atoms in total. The van der Waals surface area contributed by atoms with E-state index < -0.39 is 11.7 Å². The Morgan fingerprint density at radius 2 is 2.00 bits per heavy atom. The highest BCUT2D eigenvalue weighted by molar-refractivity contribution is 9.10. The minimum atomic E-state index is -4.48. The Labute approximate surface area is 118 Å². The standard InChI is InChI=1S/C11H8Br2F3NO/c12-6-1-2-9(8(3-6)11(14,15)16)17-5-7(13)4-10(17)18/h1-3,7H,4-5H2. The SMILES string of the molecule is O=C1CC(Br)CN1c1ccc(Br)cc1C(F)(F)F. The Bertz CT molecular complexity index is 490. The predicted molar refractivity (Wildman–Crippen MR) is 68.8 cm³/mol. The summed E-state index contributed by atoms with van der Waals surface area (Å²) in [6, 6.07) is 3.80. The molecule has 1 saturated heterocycles. The van der Waals surface area contributed by atoms with Crippen LogP contribution in [0, 0.1) is 0 Å². The zero-order chi connectivity index (χ0) is 13.5. The number of benzene rings is 1. The smallest absolute Gasteiger partial charge is 0.311 e. The molecule has 0 aliphatic carbocycles. The molecule has 0 bridgehead atoms. The van der Waals surface area contributed by atoms with Gasteiger partial charge in [0.15, 0.2) is 0 Å². The van der Waals surface area contributed by atoms with Crippen molar-refractivity contribution in [3.05, 3.63) is 28.2 Å². The van der Waals surface area contributed by atoms with Gasteiger partial charge in [-0.25, -0.2) is 0 Å². The van der Waals surface area contributed by atoms with Crippen molar-refractivity contribution in [3.63, 3.8) is 0 Å². The van der Waals surface area contributed by atoms with E-state index in [0.717, 1.165) is 6.07 Å². The summed E-state index contributed by atoms with van der Waals surface area (Å²) in [6.07, 6.45) is -4.27. The fraction of sp³-hybridized carbons (Fsp3) is 0.364. The monoisotopic (exact) mass is 385 g/mol. The second kappa shape index (κ2) is 4.85. The number of alkyl halides is 4. The van der Waals surface area contributed by atoms with Crippen LogP contribution in [-0.4, -0.2) is 17.3 Å². The molecular weight excluding hydrogens is 379 g/mol. The number of rotatable bonds is 1. The second-order valence-corrected chi connectivity index (χ2v) is 6.18. The van der Waals surface area contributed by atoms with Gasteiger partial charge in [0.05, 0.1) is 11.3 Å². The van der Waals surface area contributed by atoms with Crippen LogP contribution >= 0.6 is 31.9 Å². The van der Waals surface area contributed by atoms with Crippen LogP contribution in [0.4, 0.5) is 18.9 Å². The average Bonchev–Trinajstić information content (AvgIpc) is 2.56. The fourth-order valence-electron chi connectivity index (χ4n) is 1.87. The van der Waals surface area contributed by atoms with Gasteiger partial charge in [0.1, 0.15) is 0 Å². The van der Waals surface area contributed by atoms with Gasteiger partial charge in [0.25, 0.3) is 0 Å². The topological polar surface area (TPSA) is 20.3 Å². The number of nitrogens with zero attached hydrogens (tertiary/aromatic N) is 1. The lowest BCUT2D eigenvalue weighted by molar-refractivity contribution is -0.137. The van der Waals surface area contributed by atoms with Crippen LogP contribution in [0.3, 0.4) is 0 Å². The van der Waals surface area contributed by atoms with Crippen molar-refractivity contribution in [1.29, 1.82) is 0 Å². The Kier molecular flexibility index (Phi) is 3.73. The minimum absolute atomic E-state index is 0.0855. The molecule has 7 heteroatoms. The molecule has 0 N–H and O–H groups in total. The summed E-state index contributed by atoms with van der Waals surface area (Å²) in [5, 5.41) is 0. The summed E-state index contributed by atoms with van der Waals surface area (Å²) in [5.41, 5.74) is -0.885. The molecule has 0 radical (unpaired) electrons. The summed E-state index contributed by atoms with van der Waals surface area (Å²) >= 11 is 6.26. The zero-order valence-electron chi connectivity index (χ0n) is 8.97. The first kappa shape index (κ1) is 13.9. The molecule has 18 heavy (non-hydrogen) atoms. The molecule has 2 rings (SSSR count). The molecule has 1 atom stereocenters. The summed E-state index contributed by atoms with van der Waals surface area (Å²) in [7, 11) is 0. The highest BCUT2D eigenvalue weighted by Gasteiger charge is 2.38. The molecular formula is C11H8Br2F3NO. The van der Waals surface area contributed by atoms with E-state index in [1.54, 1.807) is 0 Å². The highest BCUT2D eigenvalue weighted by atomic mass is 79.9. The number of halogens is 5. The molecule has 1 heterocycles. The van der Waals surface area contributed by atoms with Crippen LogP contribution in [0.1, 0.15) is 12.0 Å². The molecule has 1 aliphatic heterocycles. The number of anilines is 1. The Balaban J connectivity index is 2.48. The van der Waals surface area contributed by atoms with E-state index in [4.69, 9.17) is 0 Å². The van der Waals surface area contributed by atoms with Gasteiger partial charge in [-0.3, -0.25) is 4.79 Å². The molecule has 1 aromatic carbocycles. The average molecular weight is 387 g/mol. The van der Waals surface area contributed by atoms with Gasteiger partial charge < -0.3 is 4.90 Å². The number of amides is 1. The first-order chi connectivity index (χ1) is 8.29. The summed E-state index contributed by atoms with van der Waals surface area (Å²) in [5.74, 6) is -0.301. The summed E-state index contributed by atoms with van der Waals surface area (Å²) in [6.45, 7) is 0.254. The van der Waals surface area contributed by atoms with Crippen molar-refractivity contribution < 1.29 is 18.0 Å². The van der Waals surface area contributed by atoms with Gasteiger partial charge in [-0.05, 0) is 18.2 Å². The van der Waals surface area contributed by atoms with E-state index >= 15 is 0 Å². The van der Waals surface area contributed by atoms with Crippen LogP contribution < -0.4 is 4.90 Å². The molecule has 1 aliphatic rings. The quantitative estimate of drug-likeness (QED) is 0.669. The lowest BCUT2D eigenvalue weighted by Crippen LogP contribution is -2.27. The maximum atomic E-state index is 12.9. The zero-order valence-corrected chi connectivity index (χ0v) is 12.1. The number of carbonyl (C=O) groups excluding carboxylic acids is 1. The van der Waals surface area contributed by atoms with E-state index in [1.165, 1.54) is 17.0 Å². The van der Waals surface area contributed by atoms with E-state index in [0.29, 0.717) is 4.47 Å². The molecule has 0 saturated carbocycles. The third-order valence-corrected chi connectivity index (χ3v) is 3.74. The van der Waals surface area contributed by atoms with Gasteiger partial charge in [-0.1, -0.05) is 31.9 Å². The lowest BCUT2D eigenvalue weighted by atomic mass is 10.1. The van der Waals surface area contributed by atoms with Crippen LogP contribution in [0.25, 0.3) is 0 Å². The first-order valence-corrected chi connectivity index (χ1v) is 6.81. The van der Waals surface area contributed by atoms with Gasteiger partial charge in [-0.15, -0.1) is 0 Å². The fourth-order valence-corrected chi connectivity index (χ4v) is 2.80. The largest absolute Gasteiger partial charge is 0.418 e.